The van der Waals surface area contributed by atoms with Gasteiger partial charge in [-0.25, -0.2) is 9.50 Å². The molecule has 0 bridgehead atoms. The topological polar surface area (TPSA) is 66.6 Å². The zero-order valence-corrected chi connectivity index (χ0v) is 18.6. The number of nitrogens with zero attached hydrogens (tertiary/aromatic N) is 6. The summed E-state index contributed by atoms with van der Waals surface area (Å²) in [5.74, 6) is 0.366. The van der Waals surface area contributed by atoms with E-state index in [-0.39, 0.29) is 11.7 Å². The summed E-state index contributed by atoms with van der Waals surface area (Å²) in [7, 11) is 0. The first-order valence-corrected chi connectivity index (χ1v) is 10.8. The predicted octanol–water partition coefficient (Wildman–Crippen LogP) is 3.79. The quantitative estimate of drug-likeness (QED) is 0.576. The number of aryl methyl sites for hydroxylation is 2. The fourth-order valence-electron chi connectivity index (χ4n) is 3.78. The molecule has 1 fully saturated rings. The van der Waals surface area contributed by atoms with Crippen molar-refractivity contribution in [2.24, 2.45) is 0 Å². The number of carbonyl (C=O) groups is 1. The number of rotatable bonds is 6. The fourth-order valence-corrected chi connectivity index (χ4v) is 4.10. The van der Waals surface area contributed by atoms with Crippen LogP contribution in [0.15, 0.2) is 24.3 Å². The SMILES string of the molecule is Cc1cc(C)n2nc(C(=O)N(CCN3CCCC3)Cc3ccc(Cl)c(Cl)c3)nc2n1. The molecular formula is C21H24Cl2N6O. The van der Waals surface area contributed by atoms with E-state index in [0.29, 0.717) is 28.9 Å². The van der Waals surface area contributed by atoms with Crippen molar-refractivity contribution in [1.82, 2.24) is 29.4 Å². The van der Waals surface area contributed by atoms with Gasteiger partial charge in [0.1, 0.15) is 0 Å². The maximum atomic E-state index is 13.4. The monoisotopic (exact) mass is 446 g/mol. The molecule has 9 heteroatoms. The largest absolute Gasteiger partial charge is 0.330 e. The maximum absolute atomic E-state index is 13.4. The van der Waals surface area contributed by atoms with Crippen molar-refractivity contribution in [2.45, 2.75) is 33.2 Å². The highest BCUT2D eigenvalue weighted by Gasteiger charge is 2.23. The highest BCUT2D eigenvalue weighted by molar-refractivity contribution is 6.42. The Balaban J connectivity index is 1.60. The van der Waals surface area contributed by atoms with Crippen LogP contribution in [0.3, 0.4) is 0 Å². The van der Waals surface area contributed by atoms with Gasteiger partial charge < -0.3 is 9.80 Å². The summed E-state index contributed by atoms with van der Waals surface area (Å²) in [5.41, 5.74) is 2.64. The lowest BCUT2D eigenvalue weighted by atomic mass is 10.2. The number of likely N-dealkylation sites (tertiary alicyclic amines) is 1. The Morgan fingerprint density at radius 3 is 2.60 bits per heavy atom. The number of fused-ring (bicyclic) bond motifs is 1. The highest BCUT2D eigenvalue weighted by Crippen LogP contribution is 2.23. The van der Waals surface area contributed by atoms with E-state index >= 15 is 0 Å². The molecule has 0 spiro atoms. The Morgan fingerprint density at radius 1 is 1.10 bits per heavy atom. The third-order valence-electron chi connectivity index (χ3n) is 5.34. The molecule has 0 saturated carbocycles. The van der Waals surface area contributed by atoms with Gasteiger partial charge in [0.15, 0.2) is 0 Å². The molecule has 0 unspecified atom stereocenters. The number of carbonyl (C=O) groups excluding carboxylic acids is 1. The summed E-state index contributed by atoms with van der Waals surface area (Å²) < 4.78 is 1.61. The summed E-state index contributed by atoms with van der Waals surface area (Å²) in [6.07, 6.45) is 2.41. The van der Waals surface area contributed by atoms with Gasteiger partial charge in [-0.05, 0) is 63.5 Å². The average Bonchev–Trinajstić information content (AvgIpc) is 3.37. The summed E-state index contributed by atoms with van der Waals surface area (Å²) >= 11 is 12.2. The van der Waals surface area contributed by atoms with E-state index in [1.807, 2.05) is 26.0 Å². The molecule has 7 nitrogen and oxygen atoms in total. The van der Waals surface area contributed by atoms with Crippen LogP contribution in [0, 0.1) is 13.8 Å². The van der Waals surface area contributed by atoms with E-state index in [1.165, 1.54) is 12.8 Å². The third-order valence-corrected chi connectivity index (χ3v) is 6.08. The van der Waals surface area contributed by atoms with Crippen molar-refractivity contribution in [1.29, 1.82) is 0 Å². The summed E-state index contributed by atoms with van der Waals surface area (Å²) in [4.78, 5) is 26.3. The van der Waals surface area contributed by atoms with Crippen molar-refractivity contribution in [2.75, 3.05) is 26.2 Å². The normalized spacial score (nSPS) is 14.5. The lowest BCUT2D eigenvalue weighted by Gasteiger charge is -2.24. The molecule has 1 aromatic carbocycles. The number of halogens is 2. The van der Waals surface area contributed by atoms with E-state index in [0.717, 1.165) is 36.6 Å². The number of aromatic nitrogens is 4. The Hall–Kier alpha value is -2.22. The number of benzene rings is 1. The van der Waals surface area contributed by atoms with Gasteiger partial charge in [0.05, 0.1) is 10.0 Å². The van der Waals surface area contributed by atoms with Gasteiger partial charge in [0.2, 0.25) is 5.82 Å². The maximum Gasteiger partial charge on any atom is 0.293 e. The van der Waals surface area contributed by atoms with Crippen LogP contribution < -0.4 is 0 Å². The van der Waals surface area contributed by atoms with Gasteiger partial charge in [0.25, 0.3) is 11.7 Å². The molecule has 3 heterocycles. The second kappa shape index (κ2) is 8.88. The first kappa shape index (κ1) is 21.0. The molecule has 0 atom stereocenters. The lowest BCUT2D eigenvalue weighted by Crippen LogP contribution is -2.38. The molecule has 158 valence electrons. The van der Waals surface area contributed by atoms with Crippen LogP contribution >= 0.6 is 23.2 Å². The highest BCUT2D eigenvalue weighted by atomic mass is 35.5. The molecule has 3 aromatic rings. The van der Waals surface area contributed by atoms with Crippen LogP contribution in [0.2, 0.25) is 10.0 Å². The van der Waals surface area contributed by atoms with Gasteiger partial charge in [-0.15, -0.1) is 5.10 Å². The first-order valence-electron chi connectivity index (χ1n) is 10.1. The Kier molecular flexibility index (Phi) is 6.22. The molecule has 1 amide bonds. The summed E-state index contributed by atoms with van der Waals surface area (Å²) in [5, 5.41) is 5.39. The van der Waals surface area contributed by atoms with E-state index < -0.39 is 0 Å². The minimum Gasteiger partial charge on any atom is -0.330 e. The minimum absolute atomic E-state index is 0.151. The van der Waals surface area contributed by atoms with Gasteiger partial charge >= 0.3 is 0 Å². The molecule has 4 rings (SSSR count). The van der Waals surface area contributed by atoms with Crippen LogP contribution in [-0.4, -0.2) is 61.5 Å². The summed E-state index contributed by atoms with van der Waals surface area (Å²) in [6, 6.07) is 7.35. The van der Waals surface area contributed by atoms with Crippen molar-refractivity contribution < 1.29 is 4.79 Å². The third kappa shape index (κ3) is 4.58. The standard InChI is InChI=1S/C21H24Cl2N6O/c1-14-11-15(2)29-21(24-14)25-19(26-29)20(30)28(10-9-27-7-3-4-8-27)13-16-5-6-17(22)18(23)12-16/h5-6,11-12H,3-4,7-10,13H2,1-2H3. The summed E-state index contributed by atoms with van der Waals surface area (Å²) in [6.45, 7) is 7.77. The van der Waals surface area contributed by atoms with E-state index in [9.17, 15) is 4.79 Å². The molecule has 2 aromatic heterocycles. The number of amides is 1. The van der Waals surface area contributed by atoms with Crippen LogP contribution in [0.1, 0.15) is 40.4 Å². The zero-order chi connectivity index (χ0) is 21.3. The average molecular weight is 447 g/mol. The van der Waals surface area contributed by atoms with Crippen LogP contribution in [0.25, 0.3) is 5.78 Å². The Bertz CT molecular complexity index is 1080. The van der Waals surface area contributed by atoms with Crippen molar-refractivity contribution in [3.8, 4) is 0 Å². The fraction of sp³-hybridized carbons (Fsp3) is 0.429. The van der Waals surface area contributed by atoms with Gasteiger partial charge in [-0.3, -0.25) is 4.79 Å². The van der Waals surface area contributed by atoms with Crippen LogP contribution in [0.5, 0.6) is 0 Å². The second-order valence-electron chi connectivity index (χ2n) is 7.71. The van der Waals surface area contributed by atoms with Crippen molar-refractivity contribution in [3.05, 3.63) is 57.1 Å². The molecule has 1 aliphatic rings. The second-order valence-corrected chi connectivity index (χ2v) is 8.52. The van der Waals surface area contributed by atoms with Gasteiger partial charge in [-0.1, -0.05) is 29.3 Å². The Labute approximate surface area is 185 Å². The molecule has 0 radical (unpaired) electrons. The smallest absolute Gasteiger partial charge is 0.293 e. The van der Waals surface area contributed by atoms with Gasteiger partial charge in [-0.2, -0.15) is 4.98 Å². The van der Waals surface area contributed by atoms with Crippen molar-refractivity contribution in [3.63, 3.8) is 0 Å². The molecule has 30 heavy (non-hydrogen) atoms. The Morgan fingerprint density at radius 2 is 1.87 bits per heavy atom. The lowest BCUT2D eigenvalue weighted by molar-refractivity contribution is 0.0715. The molecule has 0 aliphatic carbocycles. The van der Waals surface area contributed by atoms with E-state index in [1.54, 1.807) is 21.5 Å². The molecule has 1 saturated heterocycles. The minimum atomic E-state index is -0.220. The zero-order valence-electron chi connectivity index (χ0n) is 17.1. The van der Waals surface area contributed by atoms with E-state index in [2.05, 4.69) is 20.0 Å². The van der Waals surface area contributed by atoms with Crippen LogP contribution in [-0.2, 0) is 6.54 Å². The molecular weight excluding hydrogens is 423 g/mol. The predicted molar refractivity (Wildman–Crippen MR) is 117 cm³/mol. The van der Waals surface area contributed by atoms with E-state index in [4.69, 9.17) is 23.2 Å². The number of hydrogen-bond donors (Lipinski definition) is 0. The van der Waals surface area contributed by atoms with Crippen LogP contribution in [0.4, 0.5) is 0 Å². The number of hydrogen-bond acceptors (Lipinski definition) is 5. The molecule has 0 N–H and O–H groups in total. The van der Waals surface area contributed by atoms with Gasteiger partial charge in [0, 0.05) is 31.0 Å². The van der Waals surface area contributed by atoms with Crippen molar-refractivity contribution >= 4 is 34.9 Å². The molecule has 1 aliphatic heterocycles. The first-order chi connectivity index (χ1) is 14.4.